The van der Waals surface area contributed by atoms with Crippen LogP contribution in [0.1, 0.15) is 26.3 Å². The van der Waals surface area contributed by atoms with Crippen LogP contribution in [0.4, 0.5) is 5.82 Å². The SMILES string of the molecule is Cc1cnc(N2CC(C)OC(C)(C)C2)c(Br)c1. The van der Waals surface area contributed by atoms with Gasteiger partial charge in [0.15, 0.2) is 0 Å². The van der Waals surface area contributed by atoms with E-state index in [1.165, 1.54) is 5.56 Å². The summed E-state index contributed by atoms with van der Waals surface area (Å²) in [5.41, 5.74) is 1.05. The molecule has 2 rings (SSSR count). The topological polar surface area (TPSA) is 25.4 Å². The van der Waals surface area contributed by atoms with Crippen molar-refractivity contribution in [1.82, 2.24) is 4.98 Å². The van der Waals surface area contributed by atoms with Crippen LogP contribution in [0.3, 0.4) is 0 Å². The lowest BCUT2D eigenvalue weighted by Crippen LogP contribution is -2.52. The van der Waals surface area contributed by atoms with Crippen molar-refractivity contribution in [1.29, 1.82) is 0 Å². The molecule has 1 aliphatic rings. The Hall–Kier alpha value is -0.610. The highest BCUT2D eigenvalue weighted by Gasteiger charge is 2.32. The van der Waals surface area contributed by atoms with Crippen molar-refractivity contribution in [2.75, 3.05) is 18.0 Å². The van der Waals surface area contributed by atoms with Crippen molar-refractivity contribution in [3.05, 3.63) is 22.3 Å². The van der Waals surface area contributed by atoms with Crippen LogP contribution in [-0.2, 0) is 4.74 Å². The average molecular weight is 299 g/mol. The number of hydrogen-bond donors (Lipinski definition) is 0. The van der Waals surface area contributed by atoms with Gasteiger partial charge in [0.2, 0.25) is 0 Å². The summed E-state index contributed by atoms with van der Waals surface area (Å²) >= 11 is 3.60. The van der Waals surface area contributed by atoms with Crippen molar-refractivity contribution in [3.63, 3.8) is 0 Å². The number of nitrogens with zero attached hydrogens (tertiary/aromatic N) is 2. The van der Waals surface area contributed by atoms with Crippen molar-refractivity contribution >= 4 is 21.7 Å². The first kappa shape index (κ1) is 12.8. The van der Waals surface area contributed by atoms with Crippen LogP contribution in [0.2, 0.25) is 0 Å². The number of ether oxygens (including phenoxy) is 1. The lowest BCUT2D eigenvalue weighted by molar-refractivity contribution is -0.0752. The van der Waals surface area contributed by atoms with Gasteiger partial charge in [0.05, 0.1) is 16.2 Å². The van der Waals surface area contributed by atoms with Gasteiger partial charge >= 0.3 is 0 Å². The Morgan fingerprint density at radius 2 is 2.24 bits per heavy atom. The maximum Gasteiger partial charge on any atom is 0.143 e. The first-order chi connectivity index (χ1) is 7.87. The number of aromatic nitrogens is 1. The highest BCUT2D eigenvalue weighted by molar-refractivity contribution is 9.10. The molecule has 1 unspecified atom stereocenters. The number of rotatable bonds is 1. The Morgan fingerprint density at radius 1 is 1.53 bits per heavy atom. The molecule has 1 aromatic heterocycles. The van der Waals surface area contributed by atoms with E-state index in [0.29, 0.717) is 0 Å². The number of aryl methyl sites for hydroxylation is 1. The van der Waals surface area contributed by atoms with Crippen LogP contribution in [0, 0.1) is 6.92 Å². The summed E-state index contributed by atoms with van der Waals surface area (Å²) in [6.45, 7) is 10.2. The van der Waals surface area contributed by atoms with Gasteiger partial charge in [-0.1, -0.05) is 0 Å². The number of pyridine rings is 1. The number of morpholine rings is 1. The molecule has 3 nitrogen and oxygen atoms in total. The number of halogens is 1. The lowest BCUT2D eigenvalue weighted by Gasteiger charge is -2.42. The molecule has 0 N–H and O–H groups in total. The Balaban J connectivity index is 2.27. The fourth-order valence-corrected chi connectivity index (χ4v) is 3.09. The normalized spacial score (nSPS) is 23.8. The zero-order valence-corrected chi connectivity index (χ0v) is 12.4. The highest BCUT2D eigenvalue weighted by atomic mass is 79.9. The van der Waals surface area contributed by atoms with E-state index in [1.54, 1.807) is 0 Å². The first-order valence-electron chi connectivity index (χ1n) is 5.92. The monoisotopic (exact) mass is 298 g/mol. The molecule has 1 aliphatic heterocycles. The second kappa shape index (κ2) is 4.58. The third kappa shape index (κ3) is 2.99. The molecule has 94 valence electrons. The van der Waals surface area contributed by atoms with Gasteiger partial charge in [0, 0.05) is 19.3 Å². The second-order valence-electron chi connectivity index (χ2n) is 5.39. The van der Waals surface area contributed by atoms with Crippen LogP contribution >= 0.6 is 15.9 Å². The highest BCUT2D eigenvalue weighted by Crippen LogP contribution is 2.30. The fraction of sp³-hybridized carbons (Fsp3) is 0.615. The average Bonchev–Trinajstić information content (AvgIpc) is 2.13. The second-order valence-corrected chi connectivity index (χ2v) is 6.24. The summed E-state index contributed by atoms with van der Waals surface area (Å²) in [5, 5.41) is 0. The molecule has 0 aliphatic carbocycles. The predicted molar refractivity (Wildman–Crippen MR) is 73.5 cm³/mol. The quantitative estimate of drug-likeness (QED) is 0.796. The molecule has 0 saturated carbocycles. The summed E-state index contributed by atoms with van der Waals surface area (Å²) in [7, 11) is 0. The molecule has 17 heavy (non-hydrogen) atoms. The van der Waals surface area contributed by atoms with Gasteiger partial charge in [0.25, 0.3) is 0 Å². The third-order valence-corrected chi connectivity index (χ3v) is 3.41. The Morgan fingerprint density at radius 3 is 2.82 bits per heavy atom. The molecular weight excluding hydrogens is 280 g/mol. The standard InChI is InChI=1S/C13H19BrN2O/c1-9-5-11(14)12(15-6-9)16-7-10(2)17-13(3,4)8-16/h5-6,10H,7-8H2,1-4H3. The van der Waals surface area contributed by atoms with E-state index in [-0.39, 0.29) is 11.7 Å². The molecule has 0 amide bonds. The van der Waals surface area contributed by atoms with Crippen LogP contribution in [0.15, 0.2) is 16.7 Å². The molecule has 4 heteroatoms. The van der Waals surface area contributed by atoms with Crippen LogP contribution in [0.5, 0.6) is 0 Å². The molecule has 0 spiro atoms. The van der Waals surface area contributed by atoms with Gasteiger partial charge in [-0.15, -0.1) is 0 Å². The van der Waals surface area contributed by atoms with Gasteiger partial charge in [-0.2, -0.15) is 0 Å². The van der Waals surface area contributed by atoms with Gasteiger partial charge in [0.1, 0.15) is 5.82 Å². The molecule has 1 atom stereocenters. The van der Waals surface area contributed by atoms with E-state index in [2.05, 4.69) is 52.7 Å². The van der Waals surface area contributed by atoms with Gasteiger partial charge in [-0.25, -0.2) is 4.98 Å². The Labute approximate surface area is 111 Å². The first-order valence-corrected chi connectivity index (χ1v) is 6.71. The lowest BCUT2D eigenvalue weighted by atomic mass is 10.1. The van der Waals surface area contributed by atoms with Crippen LogP contribution < -0.4 is 4.90 Å². The molecular formula is C13H19BrN2O. The fourth-order valence-electron chi connectivity index (χ4n) is 2.37. The number of hydrogen-bond acceptors (Lipinski definition) is 3. The van der Waals surface area contributed by atoms with Crippen molar-refractivity contribution in [3.8, 4) is 0 Å². The largest absolute Gasteiger partial charge is 0.369 e. The zero-order chi connectivity index (χ0) is 12.6. The summed E-state index contributed by atoms with van der Waals surface area (Å²) in [4.78, 5) is 6.81. The molecule has 1 fully saturated rings. The Bertz CT molecular complexity index is 420. The summed E-state index contributed by atoms with van der Waals surface area (Å²) in [6, 6.07) is 2.11. The molecule has 0 radical (unpaired) electrons. The minimum Gasteiger partial charge on any atom is -0.369 e. The Kier molecular flexibility index (Phi) is 3.46. The minimum absolute atomic E-state index is 0.121. The smallest absolute Gasteiger partial charge is 0.143 e. The van der Waals surface area contributed by atoms with E-state index < -0.39 is 0 Å². The van der Waals surface area contributed by atoms with Crippen LogP contribution in [-0.4, -0.2) is 29.8 Å². The minimum atomic E-state index is -0.121. The molecule has 0 aromatic carbocycles. The predicted octanol–water partition coefficient (Wildman–Crippen LogP) is 3.16. The van der Waals surface area contributed by atoms with E-state index in [9.17, 15) is 0 Å². The van der Waals surface area contributed by atoms with E-state index in [4.69, 9.17) is 4.74 Å². The van der Waals surface area contributed by atoms with Gasteiger partial charge < -0.3 is 9.64 Å². The van der Waals surface area contributed by atoms with Crippen molar-refractivity contribution < 1.29 is 4.74 Å². The van der Waals surface area contributed by atoms with E-state index >= 15 is 0 Å². The van der Waals surface area contributed by atoms with Crippen molar-refractivity contribution in [2.24, 2.45) is 0 Å². The van der Waals surface area contributed by atoms with Crippen molar-refractivity contribution in [2.45, 2.75) is 39.4 Å². The van der Waals surface area contributed by atoms with E-state index in [1.807, 2.05) is 13.1 Å². The summed E-state index contributed by atoms with van der Waals surface area (Å²) in [5.74, 6) is 1.01. The summed E-state index contributed by atoms with van der Waals surface area (Å²) in [6.07, 6.45) is 2.14. The molecule has 1 aromatic rings. The molecule has 1 saturated heterocycles. The zero-order valence-electron chi connectivity index (χ0n) is 10.8. The maximum absolute atomic E-state index is 5.90. The van der Waals surface area contributed by atoms with Gasteiger partial charge in [-0.05, 0) is 55.3 Å². The third-order valence-electron chi connectivity index (χ3n) is 2.83. The van der Waals surface area contributed by atoms with Crippen LogP contribution in [0.25, 0.3) is 0 Å². The maximum atomic E-state index is 5.90. The molecule has 2 heterocycles. The number of anilines is 1. The molecule has 0 bridgehead atoms. The van der Waals surface area contributed by atoms with Gasteiger partial charge in [-0.3, -0.25) is 0 Å². The summed E-state index contributed by atoms with van der Waals surface area (Å²) < 4.78 is 6.96. The van der Waals surface area contributed by atoms with E-state index in [0.717, 1.165) is 23.4 Å².